The van der Waals surface area contributed by atoms with Gasteiger partial charge in [-0.2, -0.15) is 0 Å². The van der Waals surface area contributed by atoms with Crippen LogP contribution in [0.3, 0.4) is 0 Å². The number of hydrogen-bond acceptors (Lipinski definition) is 4. The largest absolute Gasteiger partial charge is 0.507 e. The van der Waals surface area contributed by atoms with Crippen LogP contribution in [0.25, 0.3) is 0 Å². The standard InChI is InChI=1S/C16H14ClNO5/c1-2-23-14-6-3-9(7-12(14)17)15(20)18-10-4-5-11(16(21)22)13(19)8-10/h3-8,19H,2H2,1H3,(H,18,20)(H,21,22). The average Bonchev–Trinajstić information content (AvgIpc) is 2.49. The molecule has 23 heavy (non-hydrogen) atoms. The predicted molar refractivity (Wildman–Crippen MR) is 85.6 cm³/mol. The monoisotopic (exact) mass is 335 g/mol. The van der Waals surface area contributed by atoms with Crippen molar-refractivity contribution >= 4 is 29.2 Å². The molecule has 0 heterocycles. The van der Waals surface area contributed by atoms with E-state index in [1.165, 1.54) is 18.2 Å². The molecule has 0 saturated heterocycles. The molecular weight excluding hydrogens is 322 g/mol. The number of aromatic carboxylic acids is 1. The summed E-state index contributed by atoms with van der Waals surface area (Å²) in [5.74, 6) is -1.65. The second-order valence-corrected chi connectivity index (χ2v) is 4.98. The van der Waals surface area contributed by atoms with Gasteiger partial charge in [0.05, 0.1) is 11.6 Å². The lowest BCUT2D eigenvalue weighted by Gasteiger charge is -2.09. The van der Waals surface area contributed by atoms with Gasteiger partial charge in [0, 0.05) is 17.3 Å². The Morgan fingerprint density at radius 1 is 1.22 bits per heavy atom. The minimum absolute atomic E-state index is 0.243. The molecule has 2 aromatic carbocycles. The minimum Gasteiger partial charge on any atom is -0.507 e. The van der Waals surface area contributed by atoms with Crippen LogP contribution >= 0.6 is 11.6 Å². The number of nitrogens with one attached hydrogen (secondary N) is 1. The number of halogens is 1. The van der Waals surface area contributed by atoms with Gasteiger partial charge in [0.2, 0.25) is 0 Å². The summed E-state index contributed by atoms with van der Waals surface area (Å²) in [5.41, 5.74) is 0.329. The summed E-state index contributed by atoms with van der Waals surface area (Å²) in [5, 5.41) is 21.3. The Balaban J connectivity index is 2.17. The lowest BCUT2D eigenvalue weighted by molar-refractivity contribution is 0.0693. The fourth-order valence-electron chi connectivity index (χ4n) is 1.91. The molecule has 0 aromatic heterocycles. The van der Waals surface area contributed by atoms with Crippen molar-refractivity contribution in [1.82, 2.24) is 0 Å². The SMILES string of the molecule is CCOc1ccc(C(=O)Nc2ccc(C(=O)O)c(O)c2)cc1Cl. The molecule has 120 valence electrons. The Bertz CT molecular complexity index is 760. The Labute approximate surface area is 137 Å². The summed E-state index contributed by atoms with van der Waals surface area (Å²) >= 11 is 6.03. The molecule has 0 aliphatic carbocycles. The molecule has 0 fully saturated rings. The Morgan fingerprint density at radius 2 is 1.96 bits per heavy atom. The third-order valence-electron chi connectivity index (χ3n) is 2.98. The zero-order valence-corrected chi connectivity index (χ0v) is 12.9. The first-order chi connectivity index (χ1) is 10.9. The van der Waals surface area contributed by atoms with Crippen molar-refractivity contribution in [2.75, 3.05) is 11.9 Å². The number of benzene rings is 2. The molecule has 0 aliphatic heterocycles. The minimum atomic E-state index is -1.25. The van der Waals surface area contributed by atoms with Crippen LogP contribution in [0.5, 0.6) is 11.5 Å². The van der Waals surface area contributed by atoms with Crippen LogP contribution in [0.4, 0.5) is 5.69 Å². The average molecular weight is 336 g/mol. The van der Waals surface area contributed by atoms with Gasteiger partial charge >= 0.3 is 5.97 Å². The number of carbonyl (C=O) groups excluding carboxylic acids is 1. The van der Waals surface area contributed by atoms with E-state index >= 15 is 0 Å². The number of rotatable bonds is 5. The Hall–Kier alpha value is -2.73. The van der Waals surface area contributed by atoms with Gasteiger partial charge in [-0.1, -0.05) is 11.6 Å². The van der Waals surface area contributed by atoms with Gasteiger partial charge in [0.25, 0.3) is 5.91 Å². The van der Waals surface area contributed by atoms with Crippen LogP contribution in [-0.2, 0) is 0 Å². The number of hydrogen-bond donors (Lipinski definition) is 3. The maximum Gasteiger partial charge on any atom is 0.339 e. The van der Waals surface area contributed by atoms with E-state index in [0.717, 1.165) is 6.07 Å². The van der Waals surface area contributed by atoms with Crippen molar-refractivity contribution in [3.05, 3.63) is 52.5 Å². The number of phenols is 1. The van der Waals surface area contributed by atoms with E-state index in [4.69, 9.17) is 21.4 Å². The van der Waals surface area contributed by atoms with Gasteiger partial charge in [-0.05, 0) is 37.3 Å². The zero-order chi connectivity index (χ0) is 17.0. The van der Waals surface area contributed by atoms with E-state index in [1.54, 1.807) is 12.1 Å². The van der Waals surface area contributed by atoms with Gasteiger partial charge in [-0.25, -0.2) is 4.79 Å². The molecule has 1 amide bonds. The van der Waals surface area contributed by atoms with Gasteiger partial charge in [0.15, 0.2) is 0 Å². The number of carboxylic acids is 1. The summed E-state index contributed by atoms with van der Waals surface area (Å²) in [7, 11) is 0. The lowest BCUT2D eigenvalue weighted by atomic mass is 10.1. The number of aromatic hydroxyl groups is 1. The highest BCUT2D eigenvalue weighted by atomic mass is 35.5. The van der Waals surface area contributed by atoms with Gasteiger partial charge in [0.1, 0.15) is 17.1 Å². The predicted octanol–water partition coefficient (Wildman–Crippen LogP) is 3.39. The quantitative estimate of drug-likeness (QED) is 0.778. The highest BCUT2D eigenvalue weighted by Crippen LogP contribution is 2.26. The molecule has 0 atom stereocenters. The molecule has 3 N–H and O–H groups in total. The highest BCUT2D eigenvalue weighted by Gasteiger charge is 2.13. The number of anilines is 1. The normalized spacial score (nSPS) is 10.2. The third-order valence-corrected chi connectivity index (χ3v) is 3.28. The van der Waals surface area contributed by atoms with Crippen LogP contribution in [-0.4, -0.2) is 28.7 Å². The van der Waals surface area contributed by atoms with E-state index in [1.807, 2.05) is 6.92 Å². The van der Waals surface area contributed by atoms with E-state index in [0.29, 0.717) is 22.9 Å². The van der Waals surface area contributed by atoms with Crippen molar-refractivity contribution in [1.29, 1.82) is 0 Å². The van der Waals surface area contributed by atoms with Crippen molar-refractivity contribution in [3.8, 4) is 11.5 Å². The Kier molecular flexibility index (Phi) is 5.08. The fourth-order valence-corrected chi connectivity index (χ4v) is 2.14. The second kappa shape index (κ2) is 7.02. The van der Waals surface area contributed by atoms with Crippen LogP contribution in [0.15, 0.2) is 36.4 Å². The van der Waals surface area contributed by atoms with E-state index in [-0.39, 0.29) is 11.3 Å². The van der Waals surface area contributed by atoms with E-state index in [2.05, 4.69) is 5.32 Å². The molecule has 0 aliphatic rings. The van der Waals surface area contributed by atoms with Crippen molar-refractivity contribution in [3.63, 3.8) is 0 Å². The van der Waals surface area contributed by atoms with E-state index in [9.17, 15) is 14.7 Å². The molecule has 0 unspecified atom stereocenters. The van der Waals surface area contributed by atoms with Crippen LogP contribution in [0.1, 0.15) is 27.6 Å². The Morgan fingerprint density at radius 3 is 2.52 bits per heavy atom. The number of amides is 1. The van der Waals surface area contributed by atoms with E-state index < -0.39 is 17.6 Å². The van der Waals surface area contributed by atoms with Gasteiger partial charge < -0.3 is 20.3 Å². The highest BCUT2D eigenvalue weighted by molar-refractivity contribution is 6.32. The topological polar surface area (TPSA) is 95.9 Å². The fraction of sp³-hybridized carbons (Fsp3) is 0.125. The second-order valence-electron chi connectivity index (χ2n) is 4.57. The molecule has 0 saturated carbocycles. The summed E-state index contributed by atoms with van der Waals surface area (Å²) in [6.45, 7) is 2.28. The number of carboxylic acid groups (broad SMARTS) is 1. The van der Waals surface area contributed by atoms with Gasteiger partial charge in [-0.15, -0.1) is 0 Å². The summed E-state index contributed by atoms with van der Waals surface area (Å²) < 4.78 is 5.29. The molecular formula is C16H14ClNO5. The molecule has 0 bridgehead atoms. The molecule has 7 heteroatoms. The first-order valence-electron chi connectivity index (χ1n) is 6.72. The summed E-state index contributed by atoms with van der Waals surface area (Å²) in [4.78, 5) is 23.0. The molecule has 2 aromatic rings. The first kappa shape index (κ1) is 16.6. The molecule has 0 radical (unpaired) electrons. The van der Waals surface area contributed by atoms with Gasteiger partial charge in [-0.3, -0.25) is 4.79 Å². The first-order valence-corrected chi connectivity index (χ1v) is 7.10. The molecule has 6 nitrogen and oxygen atoms in total. The lowest BCUT2D eigenvalue weighted by Crippen LogP contribution is -2.12. The number of ether oxygens (including phenoxy) is 1. The van der Waals surface area contributed by atoms with Crippen molar-refractivity contribution in [2.45, 2.75) is 6.92 Å². The van der Waals surface area contributed by atoms with Crippen LogP contribution in [0, 0.1) is 0 Å². The number of carbonyl (C=O) groups is 2. The summed E-state index contributed by atoms with van der Waals surface area (Å²) in [6, 6.07) is 8.37. The van der Waals surface area contributed by atoms with Crippen molar-refractivity contribution < 1.29 is 24.5 Å². The maximum atomic E-state index is 12.2. The summed E-state index contributed by atoms with van der Waals surface area (Å²) in [6.07, 6.45) is 0. The zero-order valence-electron chi connectivity index (χ0n) is 12.2. The van der Waals surface area contributed by atoms with Crippen molar-refractivity contribution in [2.24, 2.45) is 0 Å². The third kappa shape index (κ3) is 3.92. The maximum absolute atomic E-state index is 12.2. The molecule has 0 spiro atoms. The van der Waals surface area contributed by atoms with Crippen LogP contribution in [0.2, 0.25) is 5.02 Å². The molecule has 2 rings (SSSR count). The van der Waals surface area contributed by atoms with Crippen LogP contribution < -0.4 is 10.1 Å². The smallest absolute Gasteiger partial charge is 0.339 e.